The summed E-state index contributed by atoms with van der Waals surface area (Å²) in [6.07, 6.45) is 5.07. The molecular formula is C21H26N2OS. The predicted molar refractivity (Wildman–Crippen MR) is 104 cm³/mol. The van der Waals surface area contributed by atoms with Gasteiger partial charge in [0.2, 0.25) is 0 Å². The first-order valence-electron chi connectivity index (χ1n) is 8.96. The van der Waals surface area contributed by atoms with Gasteiger partial charge in [0.25, 0.3) is 5.91 Å². The molecule has 1 aliphatic rings. The first-order chi connectivity index (χ1) is 12.0. The van der Waals surface area contributed by atoms with E-state index in [2.05, 4.69) is 31.8 Å². The number of carbonyl (C=O) groups excluding carboxylic acids is 1. The highest BCUT2D eigenvalue weighted by atomic mass is 32.2. The van der Waals surface area contributed by atoms with Crippen LogP contribution in [-0.2, 0) is 0 Å². The highest BCUT2D eigenvalue weighted by Crippen LogP contribution is 2.40. The summed E-state index contributed by atoms with van der Waals surface area (Å²) < 4.78 is 0.0893. The minimum atomic E-state index is 0.0893. The maximum atomic E-state index is 13.1. The fourth-order valence-electron chi connectivity index (χ4n) is 3.28. The summed E-state index contributed by atoms with van der Waals surface area (Å²) in [6, 6.07) is 13.9. The first kappa shape index (κ1) is 18.0. The second-order valence-electron chi connectivity index (χ2n) is 7.49. The van der Waals surface area contributed by atoms with Crippen LogP contribution >= 0.6 is 11.8 Å². The molecule has 0 bridgehead atoms. The van der Waals surface area contributed by atoms with E-state index in [0.29, 0.717) is 0 Å². The molecule has 0 aliphatic carbocycles. The maximum absolute atomic E-state index is 13.1. The third-order valence-corrected chi connectivity index (χ3v) is 5.49. The number of hydrogen-bond donors (Lipinski definition) is 0. The van der Waals surface area contributed by atoms with Crippen molar-refractivity contribution in [3.63, 3.8) is 0 Å². The van der Waals surface area contributed by atoms with Crippen molar-refractivity contribution in [3.8, 4) is 0 Å². The molecule has 1 aliphatic heterocycles. The Kier molecular flexibility index (Phi) is 5.48. The summed E-state index contributed by atoms with van der Waals surface area (Å²) in [5.74, 6) is 0.126. The predicted octanol–water partition coefficient (Wildman–Crippen LogP) is 5.34. The Balaban J connectivity index is 1.93. The molecule has 1 saturated heterocycles. The molecule has 3 nitrogen and oxygen atoms in total. The van der Waals surface area contributed by atoms with Gasteiger partial charge in [-0.1, -0.05) is 45.0 Å². The van der Waals surface area contributed by atoms with Gasteiger partial charge in [0.1, 0.15) is 5.03 Å². The van der Waals surface area contributed by atoms with Crippen LogP contribution in [0.3, 0.4) is 0 Å². The minimum absolute atomic E-state index is 0.0893. The number of carbonyl (C=O) groups is 1. The van der Waals surface area contributed by atoms with Crippen molar-refractivity contribution in [2.75, 3.05) is 6.54 Å². The molecule has 0 N–H and O–H groups in total. The largest absolute Gasteiger partial charge is 0.332 e. The van der Waals surface area contributed by atoms with Crippen molar-refractivity contribution < 1.29 is 4.79 Å². The number of nitrogens with zero attached hydrogens (tertiary/aromatic N) is 2. The van der Waals surface area contributed by atoms with Crippen molar-refractivity contribution in [2.45, 2.75) is 55.8 Å². The van der Waals surface area contributed by atoms with E-state index < -0.39 is 0 Å². The Hall–Kier alpha value is -1.81. The van der Waals surface area contributed by atoms with Crippen LogP contribution in [0.25, 0.3) is 0 Å². The zero-order valence-electron chi connectivity index (χ0n) is 15.2. The van der Waals surface area contributed by atoms with Gasteiger partial charge in [-0.15, -0.1) is 11.8 Å². The molecule has 2 heterocycles. The van der Waals surface area contributed by atoms with E-state index in [-0.39, 0.29) is 16.7 Å². The molecule has 0 radical (unpaired) electrons. The Labute approximate surface area is 154 Å². The lowest BCUT2D eigenvalue weighted by molar-refractivity contribution is 0.0607. The smallest absolute Gasteiger partial charge is 0.254 e. The van der Waals surface area contributed by atoms with Crippen molar-refractivity contribution in [2.24, 2.45) is 0 Å². The van der Waals surface area contributed by atoms with Crippen molar-refractivity contribution in [3.05, 3.63) is 59.8 Å². The molecule has 1 atom stereocenters. The first-order valence-corrected chi connectivity index (χ1v) is 9.77. The number of likely N-dealkylation sites (tertiary alicyclic amines) is 1. The molecule has 0 saturated carbocycles. The summed E-state index contributed by atoms with van der Waals surface area (Å²) >= 11 is 1.78. The Morgan fingerprint density at radius 1 is 1.12 bits per heavy atom. The fraction of sp³-hybridized carbons (Fsp3) is 0.429. The normalized spacial score (nSPS) is 18.2. The molecule has 1 amide bonds. The molecule has 0 unspecified atom stereocenters. The van der Waals surface area contributed by atoms with E-state index in [1.807, 2.05) is 47.5 Å². The van der Waals surface area contributed by atoms with Gasteiger partial charge in [-0.3, -0.25) is 4.79 Å². The van der Waals surface area contributed by atoms with E-state index >= 15 is 0 Å². The lowest BCUT2D eigenvalue weighted by atomic mass is 9.95. The standard InChI is InChI=1S/C21H26N2OS/c1-21(2,3)25-19-17(12-9-14-22-19)18-13-7-8-15-23(18)20(24)16-10-5-4-6-11-16/h4-6,9-12,14,18H,7-8,13,15H2,1-3H3/t18-/m0/s1. The van der Waals surface area contributed by atoms with Gasteiger partial charge in [-0.2, -0.15) is 0 Å². The van der Waals surface area contributed by atoms with Gasteiger partial charge in [-0.25, -0.2) is 4.98 Å². The molecule has 1 aromatic carbocycles. The number of pyridine rings is 1. The lowest BCUT2D eigenvalue weighted by Gasteiger charge is -2.37. The van der Waals surface area contributed by atoms with E-state index in [1.54, 1.807) is 11.8 Å². The molecule has 1 aromatic heterocycles. The van der Waals surface area contributed by atoms with Crippen LogP contribution in [0.1, 0.15) is 62.0 Å². The highest BCUT2D eigenvalue weighted by Gasteiger charge is 2.31. The van der Waals surface area contributed by atoms with Gasteiger partial charge in [0, 0.05) is 28.6 Å². The topological polar surface area (TPSA) is 33.2 Å². The number of piperidine rings is 1. The van der Waals surface area contributed by atoms with Crippen LogP contribution in [0, 0.1) is 0 Å². The number of benzene rings is 1. The number of hydrogen-bond acceptors (Lipinski definition) is 3. The number of amides is 1. The second kappa shape index (κ2) is 7.61. The van der Waals surface area contributed by atoms with Gasteiger partial charge >= 0.3 is 0 Å². The molecule has 4 heteroatoms. The summed E-state index contributed by atoms with van der Waals surface area (Å²) in [5.41, 5.74) is 1.95. The quantitative estimate of drug-likeness (QED) is 0.698. The van der Waals surface area contributed by atoms with Gasteiger partial charge in [-0.05, 0) is 37.5 Å². The summed E-state index contributed by atoms with van der Waals surface area (Å²) in [5, 5.41) is 1.05. The number of thioether (sulfide) groups is 1. The van der Waals surface area contributed by atoms with Gasteiger partial charge < -0.3 is 4.90 Å². The van der Waals surface area contributed by atoms with Gasteiger partial charge in [0.15, 0.2) is 0 Å². The second-order valence-corrected chi connectivity index (χ2v) is 9.30. The van der Waals surface area contributed by atoms with Gasteiger partial charge in [0.05, 0.1) is 6.04 Å². The summed E-state index contributed by atoms with van der Waals surface area (Å²) in [4.78, 5) is 19.8. The van der Waals surface area contributed by atoms with Crippen LogP contribution in [0.5, 0.6) is 0 Å². The van der Waals surface area contributed by atoms with E-state index in [4.69, 9.17) is 0 Å². The van der Waals surface area contributed by atoms with E-state index in [1.165, 1.54) is 5.56 Å². The summed E-state index contributed by atoms with van der Waals surface area (Å²) in [7, 11) is 0. The molecule has 1 fully saturated rings. The molecule has 2 aromatic rings. The average molecular weight is 355 g/mol. The average Bonchev–Trinajstić information content (AvgIpc) is 2.61. The molecular weight excluding hydrogens is 328 g/mol. The zero-order valence-corrected chi connectivity index (χ0v) is 16.1. The highest BCUT2D eigenvalue weighted by molar-refractivity contribution is 8.00. The SMILES string of the molecule is CC(C)(C)Sc1ncccc1[C@@H]1CCCCN1C(=O)c1ccccc1. The van der Waals surface area contributed by atoms with Crippen LogP contribution in [0.2, 0.25) is 0 Å². The third-order valence-electron chi connectivity index (χ3n) is 4.35. The fourth-order valence-corrected chi connectivity index (χ4v) is 4.29. The minimum Gasteiger partial charge on any atom is -0.332 e. The zero-order chi connectivity index (χ0) is 17.9. The molecule has 3 rings (SSSR count). The summed E-state index contributed by atoms with van der Waals surface area (Å²) in [6.45, 7) is 7.41. The van der Waals surface area contributed by atoms with E-state index in [9.17, 15) is 4.79 Å². The lowest BCUT2D eigenvalue weighted by Crippen LogP contribution is -2.38. The van der Waals surface area contributed by atoms with Crippen LogP contribution in [0.4, 0.5) is 0 Å². The Bertz CT molecular complexity index is 724. The third kappa shape index (κ3) is 4.43. The molecule has 0 spiro atoms. The Morgan fingerprint density at radius 3 is 2.60 bits per heavy atom. The van der Waals surface area contributed by atoms with Crippen LogP contribution < -0.4 is 0 Å². The Morgan fingerprint density at radius 2 is 1.88 bits per heavy atom. The van der Waals surface area contributed by atoms with Crippen molar-refractivity contribution in [1.29, 1.82) is 0 Å². The van der Waals surface area contributed by atoms with Crippen LogP contribution in [-0.4, -0.2) is 27.1 Å². The number of rotatable bonds is 3. The maximum Gasteiger partial charge on any atom is 0.254 e. The molecule has 25 heavy (non-hydrogen) atoms. The van der Waals surface area contributed by atoms with E-state index in [0.717, 1.165) is 36.4 Å². The molecule has 132 valence electrons. The van der Waals surface area contributed by atoms with Crippen molar-refractivity contribution >= 4 is 17.7 Å². The number of aromatic nitrogens is 1. The van der Waals surface area contributed by atoms with Crippen molar-refractivity contribution in [1.82, 2.24) is 9.88 Å². The monoisotopic (exact) mass is 354 g/mol. The van der Waals surface area contributed by atoms with Crippen LogP contribution in [0.15, 0.2) is 53.7 Å².